The second-order valence-electron chi connectivity index (χ2n) is 3.82. The molecule has 1 heterocycles. The average molecular weight is 194 g/mol. The van der Waals surface area contributed by atoms with Crippen molar-refractivity contribution in [1.82, 2.24) is 9.78 Å². The summed E-state index contributed by atoms with van der Waals surface area (Å²) in [4.78, 5) is 11.1. The number of rotatable bonds is 4. The first kappa shape index (κ1) is 11.0. The second-order valence-corrected chi connectivity index (χ2v) is 3.82. The molecule has 0 aliphatic heterocycles. The Balaban J connectivity index is 2.75. The minimum absolute atomic E-state index is 0.0927. The normalized spacial score (nSPS) is 12.9. The molecule has 0 amide bonds. The number of nitrogens with zero attached hydrogens (tertiary/aromatic N) is 2. The van der Waals surface area contributed by atoms with Gasteiger partial charge in [-0.25, -0.2) is 0 Å². The minimum Gasteiger partial charge on any atom is -0.300 e. The molecule has 1 unspecified atom stereocenters. The summed E-state index contributed by atoms with van der Waals surface area (Å²) in [7, 11) is 1.93. The first-order valence-electron chi connectivity index (χ1n) is 5.06. The van der Waals surface area contributed by atoms with Crippen LogP contribution in [0.2, 0.25) is 0 Å². The van der Waals surface area contributed by atoms with Gasteiger partial charge in [0.15, 0.2) is 0 Å². The topological polar surface area (TPSA) is 34.9 Å². The Bertz CT molecular complexity index is 328. The zero-order valence-electron chi connectivity index (χ0n) is 9.37. The van der Waals surface area contributed by atoms with Gasteiger partial charge in [-0.1, -0.05) is 13.8 Å². The molecule has 1 rings (SSSR count). The van der Waals surface area contributed by atoms with Gasteiger partial charge in [0.2, 0.25) is 0 Å². The van der Waals surface area contributed by atoms with E-state index in [0.29, 0.717) is 0 Å². The van der Waals surface area contributed by atoms with Gasteiger partial charge in [-0.3, -0.25) is 9.48 Å². The van der Waals surface area contributed by atoms with E-state index in [1.165, 1.54) is 0 Å². The zero-order valence-corrected chi connectivity index (χ0v) is 9.37. The van der Waals surface area contributed by atoms with Crippen LogP contribution in [0, 0.1) is 5.92 Å². The largest absolute Gasteiger partial charge is 0.300 e. The van der Waals surface area contributed by atoms with Crippen LogP contribution in [0.15, 0.2) is 6.07 Å². The van der Waals surface area contributed by atoms with Gasteiger partial charge in [-0.2, -0.15) is 5.10 Å². The van der Waals surface area contributed by atoms with Gasteiger partial charge in [-0.05, 0) is 25.8 Å². The lowest BCUT2D eigenvalue weighted by molar-refractivity contribution is -0.120. The van der Waals surface area contributed by atoms with Gasteiger partial charge >= 0.3 is 0 Å². The second kappa shape index (κ2) is 4.40. The highest BCUT2D eigenvalue weighted by Gasteiger charge is 2.12. The molecule has 1 aromatic heterocycles. The fourth-order valence-corrected chi connectivity index (χ4v) is 1.39. The van der Waals surface area contributed by atoms with E-state index >= 15 is 0 Å². The summed E-state index contributed by atoms with van der Waals surface area (Å²) >= 11 is 0. The summed E-state index contributed by atoms with van der Waals surface area (Å²) in [6.45, 7) is 5.68. The quantitative estimate of drug-likeness (QED) is 0.732. The van der Waals surface area contributed by atoms with Crippen molar-refractivity contribution < 1.29 is 4.79 Å². The van der Waals surface area contributed by atoms with Crippen LogP contribution in [0.5, 0.6) is 0 Å². The summed E-state index contributed by atoms with van der Waals surface area (Å²) in [6, 6.07) is 2.08. The molecule has 0 spiro atoms. The van der Waals surface area contributed by atoms with Crippen LogP contribution in [-0.4, -0.2) is 15.6 Å². The van der Waals surface area contributed by atoms with Crippen LogP contribution < -0.4 is 0 Å². The van der Waals surface area contributed by atoms with Crippen molar-refractivity contribution in [3.8, 4) is 0 Å². The fraction of sp³-hybridized carbons (Fsp3) is 0.636. The Morgan fingerprint density at radius 2 is 2.29 bits per heavy atom. The number of carbonyl (C=O) groups excluding carboxylic acids is 1. The molecule has 0 bridgehead atoms. The summed E-state index contributed by atoms with van der Waals surface area (Å²) in [5.74, 6) is 0.333. The molecule has 0 aliphatic rings. The van der Waals surface area contributed by atoms with Gasteiger partial charge in [0.25, 0.3) is 0 Å². The van der Waals surface area contributed by atoms with E-state index in [9.17, 15) is 4.79 Å². The van der Waals surface area contributed by atoms with E-state index in [0.717, 1.165) is 24.2 Å². The number of aromatic nitrogens is 2. The Labute approximate surface area is 85.1 Å². The van der Waals surface area contributed by atoms with Crippen LogP contribution in [0.4, 0.5) is 0 Å². The van der Waals surface area contributed by atoms with Crippen molar-refractivity contribution in [3.05, 3.63) is 17.5 Å². The molecular formula is C11H18N2O. The third-order valence-electron chi connectivity index (χ3n) is 2.60. The Morgan fingerprint density at radius 3 is 2.71 bits per heavy atom. The van der Waals surface area contributed by atoms with Gasteiger partial charge < -0.3 is 0 Å². The number of ketones is 1. The molecule has 0 radical (unpaired) electrons. The molecule has 0 N–H and O–H groups in total. The highest BCUT2D eigenvalue weighted by molar-refractivity contribution is 5.78. The van der Waals surface area contributed by atoms with E-state index in [4.69, 9.17) is 0 Å². The maximum Gasteiger partial charge on any atom is 0.133 e. The van der Waals surface area contributed by atoms with Crippen LogP contribution in [-0.2, 0) is 24.7 Å². The summed E-state index contributed by atoms with van der Waals surface area (Å²) in [5.41, 5.74) is 2.24. The van der Waals surface area contributed by atoms with Gasteiger partial charge in [0, 0.05) is 18.7 Å². The number of carbonyl (C=O) groups is 1. The molecule has 0 saturated heterocycles. The van der Waals surface area contributed by atoms with Crippen LogP contribution in [0.3, 0.4) is 0 Å². The van der Waals surface area contributed by atoms with E-state index < -0.39 is 0 Å². The number of hydrogen-bond acceptors (Lipinski definition) is 2. The minimum atomic E-state index is 0.0927. The van der Waals surface area contributed by atoms with Crippen molar-refractivity contribution in [1.29, 1.82) is 0 Å². The predicted molar refractivity (Wildman–Crippen MR) is 56.1 cm³/mol. The first-order chi connectivity index (χ1) is 6.54. The molecule has 0 fully saturated rings. The van der Waals surface area contributed by atoms with E-state index in [1.54, 1.807) is 6.92 Å². The summed E-state index contributed by atoms with van der Waals surface area (Å²) in [5, 5.41) is 4.35. The van der Waals surface area contributed by atoms with Crippen molar-refractivity contribution in [2.45, 2.75) is 33.6 Å². The standard InChI is InChI=1S/C11H18N2O/c1-5-10-7-11(13(4)12-10)6-8(2)9(3)14/h7-8H,5-6H2,1-4H3. The molecular weight excluding hydrogens is 176 g/mol. The molecule has 1 aromatic rings. The van der Waals surface area contributed by atoms with Gasteiger partial charge in [0.05, 0.1) is 5.69 Å². The highest BCUT2D eigenvalue weighted by Crippen LogP contribution is 2.10. The number of Topliss-reactive ketones (excluding diaryl/α,β-unsaturated/α-hetero) is 1. The van der Waals surface area contributed by atoms with E-state index in [1.807, 2.05) is 18.7 Å². The molecule has 3 nitrogen and oxygen atoms in total. The maximum atomic E-state index is 11.1. The molecule has 0 saturated carbocycles. The van der Waals surface area contributed by atoms with Crippen LogP contribution in [0.1, 0.15) is 32.2 Å². The lowest BCUT2D eigenvalue weighted by atomic mass is 10.0. The predicted octanol–water partition coefficient (Wildman–Crippen LogP) is 1.75. The summed E-state index contributed by atoms with van der Waals surface area (Å²) in [6.07, 6.45) is 1.74. The monoisotopic (exact) mass is 194 g/mol. The third kappa shape index (κ3) is 2.44. The highest BCUT2D eigenvalue weighted by atomic mass is 16.1. The average Bonchev–Trinajstić information content (AvgIpc) is 2.47. The zero-order chi connectivity index (χ0) is 10.7. The van der Waals surface area contributed by atoms with Gasteiger partial charge in [0.1, 0.15) is 5.78 Å². The van der Waals surface area contributed by atoms with Crippen molar-refractivity contribution >= 4 is 5.78 Å². The first-order valence-corrected chi connectivity index (χ1v) is 5.06. The van der Waals surface area contributed by atoms with Crippen molar-refractivity contribution in [2.24, 2.45) is 13.0 Å². The Morgan fingerprint density at radius 1 is 1.64 bits per heavy atom. The lowest BCUT2D eigenvalue weighted by Gasteiger charge is -2.06. The molecule has 78 valence electrons. The van der Waals surface area contributed by atoms with E-state index in [-0.39, 0.29) is 11.7 Å². The lowest BCUT2D eigenvalue weighted by Crippen LogP contribution is -2.12. The van der Waals surface area contributed by atoms with E-state index in [2.05, 4.69) is 18.1 Å². The smallest absolute Gasteiger partial charge is 0.133 e. The molecule has 14 heavy (non-hydrogen) atoms. The van der Waals surface area contributed by atoms with Crippen LogP contribution in [0.25, 0.3) is 0 Å². The number of hydrogen-bond donors (Lipinski definition) is 0. The molecule has 1 atom stereocenters. The Hall–Kier alpha value is -1.12. The molecule has 0 aliphatic carbocycles. The summed E-state index contributed by atoms with van der Waals surface area (Å²) < 4.78 is 1.87. The van der Waals surface area contributed by atoms with Crippen molar-refractivity contribution in [3.63, 3.8) is 0 Å². The number of aryl methyl sites for hydroxylation is 2. The SMILES string of the molecule is CCc1cc(CC(C)C(C)=O)n(C)n1. The Kier molecular flexibility index (Phi) is 3.44. The van der Waals surface area contributed by atoms with Gasteiger partial charge in [-0.15, -0.1) is 0 Å². The maximum absolute atomic E-state index is 11.1. The van der Waals surface area contributed by atoms with Crippen molar-refractivity contribution in [2.75, 3.05) is 0 Å². The molecule has 3 heteroatoms. The van der Waals surface area contributed by atoms with Crippen LogP contribution >= 0.6 is 0 Å². The molecule has 0 aromatic carbocycles. The third-order valence-corrected chi connectivity index (χ3v) is 2.60. The fourth-order valence-electron chi connectivity index (χ4n) is 1.39.